The molecule has 0 aliphatic heterocycles. The highest BCUT2D eigenvalue weighted by atomic mass is 16.5. The van der Waals surface area contributed by atoms with Crippen molar-refractivity contribution in [2.24, 2.45) is 5.41 Å². The van der Waals surface area contributed by atoms with Gasteiger partial charge in [-0.2, -0.15) is 0 Å². The molecule has 1 aromatic heterocycles. The van der Waals surface area contributed by atoms with E-state index in [1.807, 2.05) is 6.92 Å². The lowest BCUT2D eigenvalue weighted by Crippen LogP contribution is -2.50. The first-order valence-electron chi connectivity index (χ1n) is 9.98. The molecule has 0 radical (unpaired) electrons. The molecule has 3 N–H and O–H groups in total. The number of aromatic nitrogens is 1. The number of amides is 2. The molecule has 0 saturated heterocycles. The lowest BCUT2D eigenvalue weighted by atomic mass is 9.87. The van der Waals surface area contributed by atoms with Crippen molar-refractivity contribution in [3.05, 3.63) is 11.8 Å². The van der Waals surface area contributed by atoms with Gasteiger partial charge in [-0.05, 0) is 24.7 Å². The van der Waals surface area contributed by atoms with Crippen LogP contribution in [-0.2, 0) is 9.59 Å². The minimum Gasteiger partial charge on any atom is -0.383 e. The van der Waals surface area contributed by atoms with Crippen molar-refractivity contribution >= 4 is 17.7 Å². The average molecular weight is 380 g/mol. The number of aliphatic hydroxyl groups is 1. The normalized spacial score (nSPS) is 18.0. The number of carbonyl (C=O) groups is 2. The van der Waals surface area contributed by atoms with E-state index in [0.29, 0.717) is 24.6 Å². The molecule has 2 rings (SSSR count). The standard InChI is InChI=1S/C20H33N3O4/c1-5-9-14(21-19(26)17(24)20(2,3)4)18(25)22-16-12-15(23-27-16)13-10-7-6-8-11-13/h12-14,17,24H,5-11H2,1-4H3,(H,21,26)(H,22,25). The number of nitrogens with one attached hydrogen (secondary N) is 2. The van der Waals surface area contributed by atoms with Crippen molar-refractivity contribution in [3.8, 4) is 0 Å². The van der Waals surface area contributed by atoms with Crippen LogP contribution in [0.25, 0.3) is 0 Å². The highest BCUT2D eigenvalue weighted by molar-refractivity contribution is 5.96. The summed E-state index contributed by atoms with van der Waals surface area (Å²) in [6.45, 7) is 7.25. The number of aliphatic hydroxyl groups excluding tert-OH is 1. The van der Waals surface area contributed by atoms with Crippen LogP contribution >= 0.6 is 0 Å². The van der Waals surface area contributed by atoms with E-state index in [4.69, 9.17) is 4.52 Å². The second-order valence-electron chi connectivity index (χ2n) is 8.56. The molecule has 7 heteroatoms. The van der Waals surface area contributed by atoms with Gasteiger partial charge >= 0.3 is 0 Å². The minimum atomic E-state index is -1.19. The zero-order chi connectivity index (χ0) is 20.0. The molecule has 27 heavy (non-hydrogen) atoms. The highest BCUT2D eigenvalue weighted by Crippen LogP contribution is 2.33. The van der Waals surface area contributed by atoms with E-state index in [9.17, 15) is 14.7 Å². The first kappa shape index (κ1) is 21.4. The summed E-state index contributed by atoms with van der Waals surface area (Å²) < 4.78 is 5.28. The molecule has 2 unspecified atom stereocenters. The number of hydrogen-bond acceptors (Lipinski definition) is 5. The van der Waals surface area contributed by atoms with E-state index in [2.05, 4.69) is 15.8 Å². The molecule has 1 aliphatic carbocycles. The van der Waals surface area contributed by atoms with Crippen molar-refractivity contribution in [1.82, 2.24) is 10.5 Å². The van der Waals surface area contributed by atoms with Gasteiger partial charge in [-0.1, -0.05) is 58.5 Å². The summed E-state index contributed by atoms with van der Waals surface area (Å²) in [6.07, 6.45) is 5.84. The second kappa shape index (κ2) is 9.35. The smallest absolute Gasteiger partial charge is 0.250 e. The molecule has 0 bridgehead atoms. The molecular weight excluding hydrogens is 346 g/mol. The van der Waals surface area contributed by atoms with Gasteiger partial charge in [0.2, 0.25) is 17.7 Å². The van der Waals surface area contributed by atoms with Gasteiger partial charge in [0.25, 0.3) is 0 Å². The van der Waals surface area contributed by atoms with Gasteiger partial charge in [0.15, 0.2) is 0 Å². The van der Waals surface area contributed by atoms with Crippen LogP contribution in [0.5, 0.6) is 0 Å². The van der Waals surface area contributed by atoms with Crippen molar-refractivity contribution in [2.75, 3.05) is 5.32 Å². The summed E-state index contributed by atoms with van der Waals surface area (Å²) in [5, 5.41) is 19.6. The molecule has 7 nitrogen and oxygen atoms in total. The highest BCUT2D eigenvalue weighted by Gasteiger charge is 2.32. The Bertz CT molecular complexity index is 629. The van der Waals surface area contributed by atoms with E-state index in [1.54, 1.807) is 26.8 Å². The Labute approximate surface area is 161 Å². The van der Waals surface area contributed by atoms with Crippen molar-refractivity contribution in [2.45, 2.75) is 90.7 Å². The van der Waals surface area contributed by atoms with Gasteiger partial charge in [-0.25, -0.2) is 0 Å². The average Bonchev–Trinajstić information content (AvgIpc) is 3.09. The Morgan fingerprint density at radius 1 is 1.26 bits per heavy atom. The topological polar surface area (TPSA) is 104 Å². The molecule has 2 amide bonds. The van der Waals surface area contributed by atoms with E-state index < -0.39 is 23.5 Å². The largest absolute Gasteiger partial charge is 0.383 e. The van der Waals surface area contributed by atoms with Gasteiger partial charge in [0.1, 0.15) is 12.1 Å². The summed E-state index contributed by atoms with van der Waals surface area (Å²) in [6, 6.07) is 1.05. The van der Waals surface area contributed by atoms with E-state index in [0.717, 1.165) is 18.5 Å². The lowest BCUT2D eigenvalue weighted by Gasteiger charge is -2.26. The molecule has 1 aliphatic rings. The zero-order valence-corrected chi connectivity index (χ0v) is 16.9. The summed E-state index contributed by atoms with van der Waals surface area (Å²) in [4.78, 5) is 24.9. The fourth-order valence-corrected chi connectivity index (χ4v) is 3.35. The zero-order valence-electron chi connectivity index (χ0n) is 16.9. The summed E-state index contributed by atoms with van der Waals surface area (Å²) in [7, 11) is 0. The van der Waals surface area contributed by atoms with Crippen molar-refractivity contribution in [1.29, 1.82) is 0 Å². The van der Waals surface area contributed by atoms with Crippen molar-refractivity contribution < 1.29 is 19.2 Å². The predicted octanol–water partition coefficient (Wildman–Crippen LogP) is 3.35. The van der Waals surface area contributed by atoms with E-state index >= 15 is 0 Å². The SMILES string of the molecule is CCCC(NC(=O)C(O)C(C)(C)C)C(=O)Nc1cc(C2CCCCC2)no1. The Balaban J connectivity index is 1.98. The third kappa shape index (κ3) is 6.06. The van der Waals surface area contributed by atoms with Crippen LogP contribution in [0.15, 0.2) is 10.6 Å². The molecule has 1 heterocycles. The maximum atomic E-state index is 12.6. The molecule has 1 saturated carbocycles. The molecule has 0 aromatic carbocycles. The van der Waals surface area contributed by atoms with Gasteiger partial charge in [0, 0.05) is 12.0 Å². The first-order valence-corrected chi connectivity index (χ1v) is 9.98. The molecular formula is C20H33N3O4. The summed E-state index contributed by atoms with van der Waals surface area (Å²) in [5.74, 6) is -0.220. The maximum Gasteiger partial charge on any atom is 0.250 e. The Morgan fingerprint density at radius 2 is 1.93 bits per heavy atom. The Morgan fingerprint density at radius 3 is 2.52 bits per heavy atom. The molecule has 152 valence electrons. The quantitative estimate of drug-likeness (QED) is 0.674. The lowest BCUT2D eigenvalue weighted by molar-refractivity contribution is -0.137. The Hall–Kier alpha value is -1.89. The summed E-state index contributed by atoms with van der Waals surface area (Å²) >= 11 is 0. The minimum absolute atomic E-state index is 0.298. The van der Waals surface area contributed by atoms with E-state index in [-0.39, 0.29) is 5.91 Å². The van der Waals surface area contributed by atoms with E-state index in [1.165, 1.54) is 19.3 Å². The van der Waals surface area contributed by atoms with Crippen LogP contribution < -0.4 is 10.6 Å². The number of nitrogens with zero attached hydrogens (tertiary/aromatic N) is 1. The third-order valence-electron chi connectivity index (χ3n) is 5.08. The maximum absolute atomic E-state index is 12.6. The van der Waals surface area contributed by atoms with Crippen LogP contribution in [0.3, 0.4) is 0 Å². The molecule has 0 spiro atoms. The third-order valence-corrected chi connectivity index (χ3v) is 5.08. The molecule has 1 aromatic rings. The van der Waals surface area contributed by atoms with Gasteiger partial charge in [-0.15, -0.1) is 0 Å². The monoisotopic (exact) mass is 379 g/mol. The predicted molar refractivity (Wildman–Crippen MR) is 103 cm³/mol. The number of hydrogen-bond donors (Lipinski definition) is 3. The number of rotatable bonds is 7. The first-order chi connectivity index (χ1) is 12.7. The van der Waals surface area contributed by atoms with Crippen LogP contribution in [0, 0.1) is 5.41 Å². The van der Waals surface area contributed by atoms with Crippen LogP contribution in [-0.4, -0.2) is 34.2 Å². The molecule has 2 atom stereocenters. The van der Waals surface area contributed by atoms with Crippen LogP contribution in [0.2, 0.25) is 0 Å². The number of carbonyl (C=O) groups excluding carboxylic acids is 2. The fraction of sp³-hybridized carbons (Fsp3) is 0.750. The van der Waals surface area contributed by atoms with Crippen molar-refractivity contribution in [3.63, 3.8) is 0 Å². The van der Waals surface area contributed by atoms with Gasteiger partial charge in [0.05, 0.1) is 5.69 Å². The van der Waals surface area contributed by atoms with Crippen LogP contribution in [0.1, 0.15) is 84.3 Å². The fourth-order valence-electron chi connectivity index (χ4n) is 3.35. The molecule has 1 fully saturated rings. The number of anilines is 1. The summed E-state index contributed by atoms with van der Waals surface area (Å²) in [5.41, 5.74) is 0.279. The van der Waals surface area contributed by atoms with Gasteiger partial charge in [-0.3, -0.25) is 14.9 Å². The Kier molecular flexibility index (Phi) is 7.41. The van der Waals surface area contributed by atoms with Crippen LogP contribution in [0.4, 0.5) is 5.88 Å². The second-order valence-corrected chi connectivity index (χ2v) is 8.56. The van der Waals surface area contributed by atoms with Gasteiger partial charge < -0.3 is 14.9 Å².